The smallest absolute Gasteiger partial charge is 0.269 e. The van der Waals surface area contributed by atoms with Crippen molar-refractivity contribution in [1.29, 1.82) is 5.26 Å². The fourth-order valence-corrected chi connectivity index (χ4v) is 4.41. The number of anilines is 1. The molecule has 0 bridgehead atoms. The Bertz CT molecular complexity index is 1440. The van der Waals surface area contributed by atoms with Crippen molar-refractivity contribution in [2.45, 2.75) is 11.1 Å². The van der Waals surface area contributed by atoms with E-state index in [1.165, 1.54) is 54.2 Å². The number of benzene rings is 2. The van der Waals surface area contributed by atoms with Crippen molar-refractivity contribution in [3.05, 3.63) is 84.2 Å². The second-order valence-electron chi connectivity index (χ2n) is 6.96. The van der Waals surface area contributed by atoms with E-state index in [1.54, 1.807) is 18.3 Å². The van der Waals surface area contributed by atoms with E-state index in [-0.39, 0.29) is 4.90 Å². The van der Waals surface area contributed by atoms with Crippen LogP contribution >= 0.6 is 0 Å². The third-order valence-corrected chi connectivity index (χ3v) is 6.83. The van der Waals surface area contributed by atoms with Crippen LogP contribution in [0, 0.1) is 11.3 Å². The zero-order valence-corrected chi connectivity index (χ0v) is 17.4. The number of hydrogen-bond acceptors (Lipinski definition) is 4. The average Bonchev–Trinajstić information content (AvgIpc) is 3.21. The number of hydrogen-bond donors (Lipinski definition) is 0. The van der Waals surface area contributed by atoms with Crippen molar-refractivity contribution < 1.29 is 21.6 Å². The van der Waals surface area contributed by atoms with Gasteiger partial charge in [0.2, 0.25) is 0 Å². The molecule has 0 spiro atoms. The van der Waals surface area contributed by atoms with E-state index >= 15 is 0 Å². The lowest BCUT2D eigenvalue weighted by atomic mass is 10.0. The van der Waals surface area contributed by atoms with Gasteiger partial charge in [0.15, 0.2) is 0 Å². The zero-order valence-electron chi connectivity index (χ0n) is 16.6. The highest BCUT2D eigenvalue weighted by molar-refractivity contribution is 7.92. The maximum Gasteiger partial charge on any atom is 0.416 e. The van der Waals surface area contributed by atoms with Gasteiger partial charge in [-0.1, -0.05) is 12.1 Å². The van der Waals surface area contributed by atoms with Gasteiger partial charge in [-0.25, -0.2) is 12.9 Å². The van der Waals surface area contributed by atoms with E-state index in [9.17, 15) is 21.6 Å². The SMILES string of the molecule is CN(c1ccn2ncc(-c3ccc(C(F)(F)F)cc3)c2c1)S(=O)(=O)c1ccc(C#N)cc1. The molecule has 0 radical (unpaired) electrons. The molecule has 6 nitrogen and oxygen atoms in total. The maximum atomic E-state index is 13.0. The number of alkyl halides is 3. The summed E-state index contributed by atoms with van der Waals surface area (Å²) in [4.78, 5) is 0.0235. The van der Waals surface area contributed by atoms with Crippen molar-refractivity contribution in [2.24, 2.45) is 0 Å². The normalized spacial score (nSPS) is 12.0. The zero-order chi connectivity index (χ0) is 23.1. The molecule has 162 valence electrons. The van der Waals surface area contributed by atoms with Crippen molar-refractivity contribution >= 4 is 21.2 Å². The number of aromatic nitrogens is 2. The molecule has 0 saturated heterocycles. The molecule has 0 aliphatic carbocycles. The second kappa shape index (κ2) is 7.69. The Hall–Kier alpha value is -3.84. The van der Waals surface area contributed by atoms with Crippen LogP contribution < -0.4 is 4.31 Å². The first-order valence-corrected chi connectivity index (χ1v) is 10.7. The molecule has 4 aromatic rings. The summed E-state index contributed by atoms with van der Waals surface area (Å²) in [6.07, 6.45) is -1.35. The van der Waals surface area contributed by atoms with E-state index in [1.807, 2.05) is 6.07 Å². The Morgan fingerprint density at radius 2 is 1.69 bits per heavy atom. The number of nitrogens with zero attached hydrogens (tertiary/aromatic N) is 4. The predicted molar refractivity (Wildman–Crippen MR) is 112 cm³/mol. The van der Waals surface area contributed by atoms with Crippen LogP contribution in [-0.4, -0.2) is 25.1 Å². The number of sulfonamides is 1. The molecule has 0 amide bonds. The van der Waals surface area contributed by atoms with E-state index in [2.05, 4.69) is 5.10 Å². The van der Waals surface area contributed by atoms with E-state index in [0.29, 0.717) is 27.9 Å². The van der Waals surface area contributed by atoms with Gasteiger partial charge in [-0.2, -0.15) is 23.5 Å². The summed E-state index contributed by atoms with van der Waals surface area (Å²) >= 11 is 0. The van der Waals surface area contributed by atoms with Crippen molar-refractivity contribution in [1.82, 2.24) is 9.61 Å². The molecule has 10 heteroatoms. The molecule has 32 heavy (non-hydrogen) atoms. The van der Waals surface area contributed by atoms with Crippen molar-refractivity contribution in [2.75, 3.05) is 11.4 Å². The fraction of sp³-hybridized carbons (Fsp3) is 0.0909. The summed E-state index contributed by atoms with van der Waals surface area (Å²) in [6, 6.07) is 15.3. The van der Waals surface area contributed by atoms with Crippen LogP contribution in [0.3, 0.4) is 0 Å². The number of fused-ring (bicyclic) bond motifs is 1. The van der Waals surface area contributed by atoms with E-state index in [4.69, 9.17) is 5.26 Å². The third-order valence-electron chi connectivity index (χ3n) is 5.03. The fourth-order valence-electron chi connectivity index (χ4n) is 3.22. The first-order chi connectivity index (χ1) is 15.1. The molecule has 0 saturated carbocycles. The van der Waals surface area contributed by atoms with Crippen LogP contribution in [-0.2, 0) is 16.2 Å². The van der Waals surface area contributed by atoms with Gasteiger partial charge >= 0.3 is 6.18 Å². The first-order valence-electron chi connectivity index (χ1n) is 9.25. The summed E-state index contributed by atoms with van der Waals surface area (Å²) in [7, 11) is -2.50. The molecule has 0 N–H and O–H groups in total. The molecule has 2 aromatic heterocycles. The van der Waals surface area contributed by atoms with Crippen molar-refractivity contribution in [3.63, 3.8) is 0 Å². The van der Waals surface area contributed by atoms with Gasteiger partial charge < -0.3 is 0 Å². The number of halogens is 3. The van der Waals surface area contributed by atoms with Crippen LogP contribution in [0.25, 0.3) is 16.6 Å². The molecule has 0 aliphatic rings. The molecular formula is C22H15F3N4O2S. The van der Waals surface area contributed by atoms with Crippen molar-refractivity contribution in [3.8, 4) is 17.2 Å². The van der Waals surface area contributed by atoms with Gasteiger partial charge in [0.25, 0.3) is 10.0 Å². The van der Waals surface area contributed by atoms with Crippen LogP contribution in [0.15, 0.2) is 78.0 Å². The Kier molecular flexibility index (Phi) is 5.14. The number of pyridine rings is 1. The van der Waals surface area contributed by atoms with Gasteiger partial charge in [0, 0.05) is 18.8 Å². The molecule has 0 unspecified atom stereocenters. The minimum Gasteiger partial charge on any atom is -0.269 e. The number of rotatable bonds is 4. The first kappa shape index (κ1) is 21.4. The largest absolute Gasteiger partial charge is 0.416 e. The van der Waals surface area contributed by atoms with E-state index < -0.39 is 21.8 Å². The van der Waals surface area contributed by atoms with Gasteiger partial charge in [-0.15, -0.1) is 0 Å². The Morgan fingerprint density at radius 1 is 1.03 bits per heavy atom. The summed E-state index contributed by atoms with van der Waals surface area (Å²) < 4.78 is 67.2. The van der Waals surface area contributed by atoms with Crippen LogP contribution in [0.5, 0.6) is 0 Å². The second-order valence-corrected chi connectivity index (χ2v) is 8.93. The van der Waals surface area contributed by atoms with Crippen LogP contribution in [0.2, 0.25) is 0 Å². The average molecular weight is 456 g/mol. The lowest BCUT2D eigenvalue weighted by Crippen LogP contribution is -2.26. The summed E-state index contributed by atoms with van der Waals surface area (Å²) in [5.74, 6) is 0. The monoisotopic (exact) mass is 456 g/mol. The molecular weight excluding hydrogens is 441 g/mol. The minimum atomic E-state index is -4.44. The molecule has 0 atom stereocenters. The molecule has 4 rings (SSSR count). The van der Waals surface area contributed by atoms with Gasteiger partial charge in [0.05, 0.1) is 39.5 Å². The maximum absolute atomic E-state index is 13.0. The molecule has 0 fully saturated rings. The van der Waals surface area contributed by atoms with E-state index in [0.717, 1.165) is 16.4 Å². The highest BCUT2D eigenvalue weighted by atomic mass is 32.2. The summed E-state index contributed by atoms with van der Waals surface area (Å²) in [5.41, 5.74) is 1.53. The topological polar surface area (TPSA) is 78.5 Å². The molecule has 2 heterocycles. The highest BCUT2D eigenvalue weighted by Gasteiger charge is 2.30. The quantitative estimate of drug-likeness (QED) is 0.445. The van der Waals surface area contributed by atoms with Crippen LogP contribution in [0.1, 0.15) is 11.1 Å². The third kappa shape index (κ3) is 3.78. The Labute approximate surface area is 181 Å². The molecule has 2 aromatic carbocycles. The highest BCUT2D eigenvalue weighted by Crippen LogP contribution is 2.33. The Morgan fingerprint density at radius 3 is 2.28 bits per heavy atom. The molecule has 0 aliphatic heterocycles. The van der Waals surface area contributed by atoms with Crippen LogP contribution in [0.4, 0.5) is 18.9 Å². The lowest BCUT2D eigenvalue weighted by molar-refractivity contribution is -0.137. The van der Waals surface area contributed by atoms with Gasteiger partial charge in [-0.3, -0.25) is 4.31 Å². The standard InChI is InChI=1S/C22H15F3N4O2S/c1-28(32(30,31)19-8-2-15(13-26)3-9-19)18-10-11-29-21(12-18)20(14-27-29)16-4-6-17(7-5-16)22(23,24)25/h2-12,14H,1H3. The lowest BCUT2D eigenvalue weighted by Gasteiger charge is -2.20. The summed E-state index contributed by atoms with van der Waals surface area (Å²) in [6.45, 7) is 0. The summed E-state index contributed by atoms with van der Waals surface area (Å²) in [5, 5.41) is 13.1. The van der Waals surface area contributed by atoms with Gasteiger partial charge in [-0.05, 0) is 54.1 Å². The predicted octanol–water partition coefficient (Wildman–Crippen LogP) is 4.72. The number of nitriles is 1. The Balaban J connectivity index is 1.73. The minimum absolute atomic E-state index is 0.0235. The van der Waals surface area contributed by atoms with Gasteiger partial charge in [0.1, 0.15) is 0 Å².